The Morgan fingerprint density at radius 1 is 0.971 bits per heavy atom. The largest absolute Gasteiger partial charge is 0.497 e. The summed E-state index contributed by atoms with van der Waals surface area (Å²) in [5, 5.41) is 17.7. The molecule has 4 rings (SSSR count). The van der Waals surface area contributed by atoms with Crippen molar-refractivity contribution in [3.8, 4) is 5.75 Å². The van der Waals surface area contributed by atoms with Crippen LogP contribution in [0.2, 0.25) is 0 Å². The number of hydrogen-bond acceptors (Lipinski definition) is 9. The highest BCUT2D eigenvalue weighted by Crippen LogP contribution is 2.34. The Kier molecular flexibility index (Phi) is 6.72. The lowest BCUT2D eigenvalue weighted by molar-refractivity contribution is -0.383. The molecule has 11 heteroatoms. The van der Waals surface area contributed by atoms with Gasteiger partial charge in [0.1, 0.15) is 12.1 Å². The van der Waals surface area contributed by atoms with Crippen LogP contribution >= 0.6 is 0 Å². The Labute approximate surface area is 196 Å². The molecule has 1 saturated heterocycles. The number of carbonyl (C=O) groups excluding carboxylic acids is 1. The first-order chi connectivity index (χ1) is 16.4. The molecule has 176 valence electrons. The fraction of sp³-hybridized carbons (Fsp3) is 0.261. The van der Waals surface area contributed by atoms with Crippen LogP contribution in [0.5, 0.6) is 5.75 Å². The molecule has 1 aromatic heterocycles. The van der Waals surface area contributed by atoms with Crippen LogP contribution in [0.4, 0.5) is 34.4 Å². The van der Waals surface area contributed by atoms with Crippen LogP contribution in [-0.2, 0) is 4.79 Å². The number of nitrogens with one attached hydrogen (secondary N) is 2. The third-order valence-corrected chi connectivity index (χ3v) is 5.47. The van der Waals surface area contributed by atoms with Gasteiger partial charge in [0.05, 0.1) is 12.0 Å². The molecule has 0 spiro atoms. The van der Waals surface area contributed by atoms with Gasteiger partial charge in [0.15, 0.2) is 0 Å². The zero-order valence-corrected chi connectivity index (χ0v) is 18.9. The summed E-state index contributed by atoms with van der Waals surface area (Å²) in [5.74, 6) is 1.01. The summed E-state index contributed by atoms with van der Waals surface area (Å²) >= 11 is 0. The van der Waals surface area contributed by atoms with E-state index >= 15 is 0 Å². The van der Waals surface area contributed by atoms with Crippen LogP contribution in [0.25, 0.3) is 0 Å². The fourth-order valence-corrected chi connectivity index (χ4v) is 3.81. The highest BCUT2D eigenvalue weighted by Gasteiger charge is 2.29. The normalized spacial score (nSPS) is 13.4. The van der Waals surface area contributed by atoms with Crippen molar-refractivity contribution in [1.82, 2.24) is 9.97 Å². The second-order valence-electron chi connectivity index (χ2n) is 7.71. The van der Waals surface area contributed by atoms with Crippen LogP contribution in [0.15, 0.2) is 54.9 Å². The molecule has 3 aromatic rings. The maximum Gasteiger partial charge on any atom is 0.353 e. The van der Waals surface area contributed by atoms with Crippen LogP contribution in [-0.4, -0.2) is 54.1 Å². The number of ether oxygens (including phenoxy) is 1. The molecule has 1 fully saturated rings. The predicted molar refractivity (Wildman–Crippen MR) is 130 cm³/mol. The summed E-state index contributed by atoms with van der Waals surface area (Å²) in [6, 6.07) is 14.7. The molecule has 0 radical (unpaired) electrons. The van der Waals surface area contributed by atoms with Gasteiger partial charge in [-0.1, -0.05) is 0 Å². The number of carbonyl (C=O) groups is 1. The molecule has 0 atom stereocenters. The third-order valence-electron chi connectivity index (χ3n) is 5.47. The van der Waals surface area contributed by atoms with Crippen molar-refractivity contribution in [1.29, 1.82) is 0 Å². The van der Waals surface area contributed by atoms with E-state index in [-0.39, 0.29) is 23.2 Å². The molecule has 2 N–H and O–H groups in total. The lowest BCUT2D eigenvalue weighted by atomic mass is 10.2. The van der Waals surface area contributed by atoms with E-state index in [2.05, 4.69) is 25.5 Å². The Morgan fingerprint density at radius 3 is 2.18 bits per heavy atom. The number of aromatic nitrogens is 2. The number of methoxy groups -OCH3 is 1. The summed E-state index contributed by atoms with van der Waals surface area (Å²) in [7, 11) is 1.63. The zero-order chi connectivity index (χ0) is 24.1. The second kappa shape index (κ2) is 10.0. The summed E-state index contributed by atoms with van der Waals surface area (Å²) in [6.45, 7) is 3.97. The predicted octanol–water partition coefficient (Wildman–Crippen LogP) is 3.42. The molecule has 0 saturated carbocycles. The monoisotopic (exact) mass is 463 g/mol. The first-order valence-corrected chi connectivity index (χ1v) is 10.7. The molecule has 1 aliphatic rings. The minimum atomic E-state index is -0.459. The Bertz CT molecular complexity index is 1160. The van der Waals surface area contributed by atoms with Crippen LogP contribution in [0.1, 0.15) is 6.92 Å². The smallest absolute Gasteiger partial charge is 0.353 e. The molecule has 0 bridgehead atoms. The van der Waals surface area contributed by atoms with E-state index in [1.165, 1.54) is 13.3 Å². The highest BCUT2D eigenvalue weighted by molar-refractivity contribution is 5.89. The van der Waals surface area contributed by atoms with E-state index in [1.807, 2.05) is 29.2 Å². The van der Waals surface area contributed by atoms with Gasteiger partial charge in [-0.2, -0.15) is 0 Å². The van der Waals surface area contributed by atoms with Crippen molar-refractivity contribution in [2.75, 3.05) is 53.7 Å². The van der Waals surface area contributed by atoms with Gasteiger partial charge >= 0.3 is 5.69 Å². The molecule has 11 nitrogen and oxygen atoms in total. The van der Waals surface area contributed by atoms with Crippen molar-refractivity contribution in [3.05, 3.63) is 65.0 Å². The van der Waals surface area contributed by atoms with E-state index in [0.29, 0.717) is 37.6 Å². The summed E-state index contributed by atoms with van der Waals surface area (Å²) in [4.78, 5) is 35.2. The molecule has 0 aliphatic carbocycles. The topological polar surface area (TPSA) is 126 Å². The van der Waals surface area contributed by atoms with Gasteiger partial charge in [0, 0.05) is 50.2 Å². The standard InChI is InChI=1S/C23H25N7O4/c1-16(31)26-17-3-5-18(6-4-17)27-22-21(30(32)33)23(25-15-24-22)29-13-11-28(12-14-29)19-7-9-20(34-2)10-8-19/h3-10,15H,11-14H2,1-2H3,(H,26,31)(H,24,25,27). The Morgan fingerprint density at radius 2 is 1.59 bits per heavy atom. The first kappa shape index (κ1) is 22.8. The maximum atomic E-state index is 12.0. The second-order valence-corrected chi connectivity index (χ2v) is 7.71. The molecule has 0 unspecified atom stereocenters. The van der Waals surface area contributed by atoms with Crippen LogP contribution in [0, 0.1) is 10.1 Å². The molecule has 2 heterocycles. The minimum absolute atomic E-state index is 0.111. The van der Waals surface area contributed by atoms with E-state index < -0.39 is 4.92 Å². The molecular formula is C23H25N7O4. The maximum absolute atomic E-state index is 12.0. The van der Waals surface area contributed by atoms with Gasteiger partial charge in [-0.15, -0.1) is 0 Å². The molecule has 1 amide bonds. The van der Waals surface area contributed by atoms with E-state index in [4.69, 9.17) is 4.74 Å². The number of nitrogens with zero attached hydrogens (tertiary/aromatic N) is 5. The average molecular weight is 463 g/mol. The number of amides is 1. The molecular weight excluding hydrogens is 438 g/mol. The van der Waals surface area contributed by atoms with Crippen LogP contribution < -0.4 is 25.2 Å². The number of piperazine rings is 1. The molecule has 2 aromatic carbocycles. The van der Waals surface area contributed by atoms with Crippen molar-refractivity contribution in [3.63, 3.8) is 0 Å². The summed E-state index contributed by atoms with van der Waals surface area (Å²) < 4.78 is 5.21. The fourth-order valence-electron chi connectivity index (χ4n) is 3.81. The number of rotatable bonds is 7. The zero-order valence-electron chi connectivity index (χ0n) is 18.9. The van der Waals surface area contributed by atoms with Crippen molar-refractivity contribution in [2.45, 2.75) is 6.92 Å². The van der Waals surface area contributed by atoms with Gasteiger partial charge in [-0.3, -0.25) is 14.9 Å². The summed E-state index contributed by atoms with van der Waals surface area (Å²) in [6.07, 6.45) is 1.33. The number of hydrogen-bond donors (Lipinski definition) is 2. The third kappa shape index (κ3) is 5.14. The van der Waals surface area contributed by atoms with Crippen LogP contribution in [0.3, 0.4) is 0 Å². The molecule has 34 heavy (non-hydrogen) atoms. The van der Waals surface area contributed by atoms with Crippen molar-refractivity contribution < 1.29 is 14.5 Å². The quantitative estimate of drug-likeness (QED) is 0.400. The van der Waals surface area contributed by atoms with E-state index in [1.54, 1.807) is 31.4 Å². The first-order valence-electron chi connectivity index (χ1n) is 10.7. The van der Waals surface area contributed by atoms with Gasteiger partial charge < -0.3 is 25.2 Å². The SMILES string of the molecule is COc1ccc(N2CCN(c3ncnc(Nc4ccc(NC(C)=O)cc4)c3[N+](=O)[O-])CC2)cc1. The Hall–Kier alpha value is -4.41. The van der Waals surface area contributed by atoms with Gasteiger partial charge in [-0.25, -0.2) is 9.97 Å². The van der Waals surface area contributed by atoms with Gasteiger partial charge in [-0.05, 0) is 48.5 Å². The molecule has 1 aliphatic heterocycles. The summed E-state index contributed by atoms with van der Waals surface area (Å²) in [5.41, 5.74) is 2.13. The lowest BCUT2D eigenvalue weighted by Gasteiger charge is -2.36. The van der Waals surface area contributed by atoms with Gasteiger partial charge in [0.25, 0.3) is 0 Å². The highest BCUT2D eigenvalue weighted by atomic mass is 16.6. The van der Waals surface area contributed by atoms with E-state index in [0.717, 1.165) is 11.4 Å². The number of anilines is 5. The number of benzene rings is 2. The van der Waals surface area contributed by atoms with Gasteiger partial charge in [0.2, 0.25) is 17.5 Å². The minimum Gasteiger partial charge on any atom is -0.497 e. The number of nitro groups is 1. The lowest BCUT2D eigenvalue weighted by Crippen LogP contribution is -2.47. The Balaban J connectivity index is 1.50. The van der Waals surface area contributed by atoms with E-state index in [9.17, 15) is 14.9 Å². The average Bonchev–Trinajstić information content (AvgIpc) is 2.85. The van der Waals surface area contributed by atoms with Crippen molar-refractivity contribution >= 4 is 40.3 Å². The van der Waals surface area contributed by atoms with Crippen molar-refractivity contribution in [2.24, 2.45) is 0 Å².